The minimum absolute atomic E-state index is 0.00904. The molecule has 0 radical (unpaired) electrons. The van der Waals surface area contributed by atoms with E-state index in [4.69, 9.17) is 5.11 Å². The van der Waals surface area contributed by atoms with Crippen LogP contribution in [0.2, 0.25) is 0 Å². The SMILES string of the molecule is CCC[C@@H](NC(=O)Nc1c(F)c(F)cc(F)c1F)C(=O)O. The third-order valence-corrected chi connectivity index (χ3v) is 2.53. The second-order valence-electron chi connectivity index (χ2n) is 4.12. The number of carbonyl (C=O) groups excluding carboxylic acids is 1. The maximum atomic E-state index is 13.3. The first-order valence-corrected chi connectivity index (χ1v) is 5.91. The summed E-state index contributed by atoms with van der Waals surface area (Å²) < 4.78 is 52.5. The van der Waals surface area contributed by atoms with Crippen LogP contribution in [0.25, 0.3) is 0 Å². The molecule has 0 bridgehead atoms. The number of benzene rings is 1. The molecule has 1 aromatic carbocycles. The summed E-state index contributed by atoms with van der Waals surface area (Å²) in [6, 6.07) is -2.59. The van der Waals surface area contributed by atoms with Crippen LogP contribution in [0.5, 0.6) is 0 Å². The van der Waals surface area contributed by atoms with E-state index in [1.807, 2.05) is 5.32 Å². The number of amides is 2. The van der Waals surface area contributed by atoms with E-state index in [-0.39, 0.29) is 12.5 Å². The number of hydrogen-bond acceptors (Lipinski definition) is 2. The van der Waals surface area contributed by atoms with Gasteiger partial charge in [0.2, 0.25) is 0 Å². The average Bonchev–Trinajstić information content (AvgIpc) is 2.41. The summed E-state index contributed by atoms with van der Waals surface area (Å²) in [5, 5.41) is 12.3. The fourth-order valence-electron chi connectivity index (χ4n) is 1.54. The highest BCUT2D eigenvalue weighted by Crippen LogP contribution is 2.23. The molecule has 5 nitrogen and oxygen atoms in total. The van der Waals surface area contributed by atoms with Gasteiger partial charge in [-0.25, -0.2) is 27.2 Å². The highest BCUT2D eigenvalue weighted by molar-refractivity contribution is 5.92. The molecule has 2 amide bonds. The summed E-state index contributed by atoms with van der Waals surface area (Å²) in [7, 11) is 0. The van der Waals surface area contributed by atoms with Gasteiger partial charge in [-0.15, -0.1) is 0 Å². The molecular weight excluding hydrogens is 296 g/mol. The van der Waals surface area contributed by atoms with E-state index in [0.717, 1.165) is 0 Å². The predicted molar refractivity (Wildman–Crippen MR) is 64.8 cm³/mol. The Labute approximate surface area is 117 Å². The molecule has 9 heteroatoms. The standard InChI is InChI=1S/C12H12F4N2O3/c1-2-3-7(11(19)20)17-12(21)18-10-8(15)5(13)4-6(14)9(10)16/h4,7H,2-3H2,1H3,(H,19,20)(H2,17,18,21)/t7-/m1/s1. The van der Waals surface area contributed by atoms with Crippen LogP contribution in [0.4, 0.5) is 28.0 Å². The van der Waals surface area contributed by atoms with Gasteiger partial charge >= 0.3 is 12.0 Å². The second-order valence-corrected chi connectivity index (χ2v) is 4.12. The molecule has 0 saturated heterocycles. The Morgan fingerprint density at radius 3 is 2.14 bits per heavy atom. The van der Waals surface area contributed by atoms with E-state index >= 15 is 0 Å². The molecule has 3 N–H and O–H groups in total. The van der Waals surface area contributed by atoms with Gasteiger partial charge < -0.3 is 15.7 Å². The van der Waals surface area contributed by atoms with Crippen LogP contribution < -0.4 is 10.6 Å². The van der Waals surface area contributed by atoms with Crippen LogP contribution >= 0.6 is 0 Å². The lowest BCUT2D eigenvalue weighted by Crippen LogP contribution is -2.43. The Bertz CT molecular complexity index is 540. The number of carbonyl (C=O) groups is 2. The molecule has 1 atom stereocenters. The first-order valence-electron chi connectivity index (χ1n) is 5.91. The van der Waals surface area contributed by atoms with Crippen molar-refractivity contribution in [2.45, 2.75) is 25.8 Å². The topological polar surface area (TPSA) is 78.4 Å². The van der Waals surface area contributed by atoms with Gasteiger partial charge in [-0.3, -0.25) is 0 Å². The number of nitrogens with one attached hydrogen (secondary N) is 2. The van der Waals surface area contributed by atoms with Crippen molar-refractivity contribution in [1.82, 2.24) is 5.32 Å². The van der Waals surface area contributed by atoms with Gasteiger partial charge in [-0.05, 0) is 6.42 Å². The van der Waals surface area contributed by atoms with Crippen LogP contribution in [0.1, 0.15) is 19.8 Å². The number of halogens is 4. The van der Waals surface area contributed by atoms with Crippen molar-refractivity contribution in [2.75, 3.05) is 5.32 Å². The first-order chi connectivity index (χ1) is 9.77. The third kappa shape index (κ3) is 4.07. The predicted octanol–water partition coefficient (Wildman–Crippen LogP) is 2.62. The van der Waals surface area contributed by atoms with Crippen molar-refractivity contribution < 1.29 is 32.3 Å². The number of aliphatic carboxylic acids is 1. The molecule has 0 aliphatic carbocycles. The summed E-state index contributed by atoms with van der Waals surface area (Å²) in [5.41, 5.74) is -1.33. The Kier molecular flexibility index (Phi) is 5.51. The molecule has 0 aliphatic heterocycles. The van der Waals surface area contributed by atoms with Gasteiger partial charge in [0.15, 0.2) is 23.3 Å². The molecule has 0 spiro atoms. The zero-order valence-electron chi connectivity index (χ0n) is 10.8. The average molecular weight is 308 g/mol. The molecule has 0 unspecified atom stereocenters. The fraction of sp³-hybridized carbons (Fsp3) is 0.333. The molecule has 1 aromatic rings. The number of rotatable bonds is 5. The Morgan fingerprint density at radius 1 is 1.19 bits per heavy atom. The summed E-state index contributed by atoms with van der Waals surface area (Å²) in [4.78, 5) is 22.3. The second kappa shape index (κ2) is 6.91. The zero-order valence-corrected chi connectivity index (χ0v) is 10.8. The van der Waals surface area contributed by atoms with Crippen LogP contribution in [0.15, 0.2) is 6.07 Å². The number of anilines is 1. The quantitative estimate of drug-likeness (QED) is 0.578. The summed E-state index contributed by atoms with van der Waals surface area (Å²) in [5.74, 6) is -8.30. The van der Waals surface area contributed by atoms with Crippen molar-refractivity contribution in [3.63, 3.8) is 0 Å². The van der Waals surface area contributed by atoms with E-state index in [1.54, 1.807) is 12.2 Å². The molecular formula is C12H12F4N2O3. The maximum absolute atomic E-state index is 13.3. The van der Waals surface area contributed by atoms with Gasteiger partial charge in [0, 0.05) is 6.07 Å². The van der Waals surface area contributed by atoms with Crippen molar-refractivity contribution >= 4 is 17.7 Å². The molecule has 21 heavy (non-hydrogen) atoms. The maximum Gasteiger partial charge on any atom is 0.326 e. The Morgan fingerprint density at radius 2 is 1.71 bits per heavy atom. The van der Waals surface area contributed by atoms with Crippen LogP contribution in [-0.2, 0) is 4.79 Å². The molecule has 0 fully saturated rings. The van der Waals surface area contributed by atoms with Gasteiger partial charge in [0.1, 0.15) is 11.7 Å². The van der Waals surface area contributed by atoms with E-state index in [1.165, 1.54) is 0 Å². The van der Waals surface area contributed by atoms with E-state index < -0.39 is 47.0 Å². The number of carboxylic acids is 1. The highest BCUT2D eigenvalue weighted by Gasteiger charge is 2.23. The minimum atomic E-state index is -1.79. The van der Waals surface area contributed by atoms with E-state index in [0.29, 0.717) is 6.42 Å². The van der Waals surface area contributed by atoms with Crippen LogP contribution in [-0.4, -0.2) is 23.1 Å². The Hall–Kier alpha value is -2.32. The number of urea groups is 1. The number of hydrogen-bond donors (Lipinski definition) is 3. The van der Waals surface area contributed by atoms with Crippen LogP contribution in [0.3, 0.4) is 0 Å². The van der Waals surface area contributed by atoms with Crippen molar-refractivity contribution in [3.05, 3.63) is 29.3 Å². The Balaban J connectivity index is 2.91. The van der Waals surface area contributed by atoms with Crippen molar-refractivity contribution in [1.29, 1.82) is 0 Å². The van der Waals surface area contributed by atoms with Gasteiger partial charge in [0.05, 0.1) is 0 Å². The monoisotopic (exact) mass is 308 g/mol. The highest BCUT2D eigenvalue weighted by atomic mass is 19.2. The molecule has 0 heterocycles. The summed E-state index contributed by atoms with van der Waals surface area (Å²) >= 11 is 0. The fourth-order valence-corrected chi connectivity index (χ4v) is 1.54. The van der Waals surface area contributed by atoms with Crippen LogP contribution in [0, 0.1) is 23.3 Å². The summed E-state index contributed by atoms with van der Waals surface area (Å²) in [6.45, 7) is 1.66. The molecule has 0 aliphatic rings. The first kappa shape index (κ1) is 16.7. The third-order valence-electron chi connectivity index (χ3n) is 2.53. The van der Waals surface area contributed by atoms with Gasteiger partial charge in [-0.2, -0.15) is 0 Å². The largest absolute Gasteiger partial charge is 0.480 e. The normalized spacial score (nSPS) is 11.9. The van der Waals surface area contributed by atoms with Gasteiger partial charge in [0.25, 0.3) is 0 Å². The lowest BCUT2D eigenvalue weighted by atomic mass is 10.2. The number of carboxylic acid groups (broad SMARTS) is 1. The lowest BCUT2D eigenvalue weighted by Gasteiger charge is -2.15. The minimum Gasteiger partial charge on any atom is -0.480 e. The van der Waals surface area contributed by atoms with Crippen molar-refractivity contribution in [2.24, 2.45) is 0 Å². The molecule has 116 valence electrons. The smallest absolute Gasteiger partial charge is 0.326 e. The zero-order chi connectivity index (χ0) is 16.2. The summed E-state index contributed by atoms with van der Waals surface area (Å²) in [6.07, 6.45) is 0.500. The van der Waals surface area contributed by atoms with E-state index in [2.05, 4.69) is 0 Å². The van der Waals surface area contributed by atoms with Gasteiger partial charge in [-0.1, -0.05) is 13.3 Å². The molecule has 0 saturated carbocycles. The van der Waals surface area contributed by atoms with Crippen molar-refractivity contribution in [3.8, 4) is 0 Å². The molecule has 0 aromatic heterocycles. The van der Waals surface area contributed by atoms with E-state index in [9.17, 15) is 27.2 Å². The molecule has 1 rings (SSSR count). The lowest BCUT2D eigenvalue weighted by molar-refractivity contribution is -0.139.